The first-order valence-electron chi connectivity index (χ1n) is 10.5. The van der Waals surface area contributed by atoms with Gasteiger partial charge in [0.15, 0.2) is 16.5 Å². The zero-order valence-electron chi connectivity index (χ0n) is 17.0. The predicted molar refractivity (Wildman–Crippen MR) is 111 cm³/mol. The molecule has 31 heavy (non-hydrogen) atoms. The van der Waals surface area contributed by atoms with Gasteiger partial charge in [-0.2, -0.15) is 13.2 Å². The monoisotopic (exact) mass is 454 g/mol. The van der Waals surface area contributed by atoms with Gasteiger partial charge in [0.2, 0.25) is 0 Å². The van der Waals surface area contributed by atoms with Crippen molar-refractivity contribution in [3.8, 4) is 10.8 Å². The molecule has 1 aliphatic heterocycles. The van der Waals surface area contributed by atoms with E-state index in [0.717, 1.165) is 58.3 Å². The van der Waals surface area contributed by atoms with E-state index in [0.29, 0.717) is 17.9 Å². The molecule has 1 saturated carbocycles. The smallest absolute Gasteiger partial charge is 0.349 e. The number of piperazine rings is 1. The standard InChI is InChI=1S/C20H25F3N6OS/c21-20(22,23)15-14(31-18(28-15)16-25-7-4-8-26-16)17(30)27-13-19(5-2-1-3-6-19)29-11-9-24-10-12-29/h4,7-8,24H,1-3,5-6,9-13H2,(H,27,30). The molecule has 2 aromatic heterocycles. The Kier molecular flexibility index (Phi) is 6.54. The Balaban J connectivity index is 1.56. The lowest BCUT2D eigenvalue weighted by Gasteiger charge is -2.48. The van der Waals surface area contributed by atoms with Gasteiger partial charge >= 0.3 is 6.18 Å². The summed E-state index contributed by atoms with van der Waals surface area (Å²) >= 11 is 0.677. The summed E-state index contributed by atoms with van der Waals surface area (Å²) < 4.78 is 40.8. The van der Waals surface area contributed by atoms with E-state index < -0.39 is 22.7 Å². The third-order valence-corrected chi connectivity index (χ3v) is 7.06. The number of amides is 1. The Morgan fingerprint density at radius 3 is 2.48 bits per heavy atom. The van der Waals surface area contributed by atoms with Crippen molar-refractivity contribution >= 4 is 17.2 Å². The van der Waals surface area contributed by atoms with Crippen LogP contribution in [0.3, 0.4) is 0 Å². The number of aromatic nitrogens is 3. The van der Waals surface area contributed by atoms with Gasteiger partial charge in [-0.15, -0.1) is 11.3 Å². The molecule has 0 radical (unpaired) electrons. The summed E-state index contributed by atoms with van der Waals surface area (Å²) in [5, 5.41) is 6.12. The molecule has 1 amide bonds. The molecule has 3 heterocycles. The van der Waals surface area contributed by atoms with Crippen LogP contribution in [0.4, 0.5) is 13.2 Å². The molecule has 1 saturated heterocycles. The van der Waals surface area contributed by atoms with Crippen molar-refractivity contribution in [2.75, 3.05) is 32.7 Å². The highest BCUT2D eigenvalue weighted by atomic mass is 32.1. The second kappa shape index (κ2) is 9.17. The fourth-order valence-electron chi connectivity index (χ4n) is 4.45. The van der Waals surface area contributed by atoms with Crippen molar-refractivity contribution in [2.24, 2.45) is 0 Å². The van der Waals surface area contributed by atoms with Gasteiger partial charge in [-0.1, -0.05) is 19.3 Å². The van der Waals surface area contributed by atoms with Gasteiger partial charge in [-0.25, -0.2) is 15.0 Å². The number of rotatable bonds is 5. The number of alkyl halides is 3. The zero-order valence-corrected chi connectivity index (χ0v) is 17.9. The number of carbonyl (C=O) groups excluding carboxylic acids is 1. The molecule has 7 nitrogen and oxygen atoms in total. The number of carbonyl (C=O) groups is 1. The van der Waals surface area contributed by atoms with Crippen molar-refractivity contribution in [3.05, 3.63) is 29.0 Å². The van der Waals surface area contributed by atoms with E-state index in [4.69, 9.17) is 0 Å². The maximum Gasteiger partial charge on any atom is 0.435 e. The van der Waals surface area contributed by atoms with Crippen LogP contribution in [0.15, 0.2) is 18.5 Å². The number of halogens is 3. The van der Waals surface area contributed by atoms with Crippen molar-refractivity contribution in [1.82, 2.24) is 30.5 Å². The minimum Gasteiger partial charge on any atom is -0.349 e. The van der Waals surface area contributed by atoms with Gasteiger partial charge in [0.1, 0.15) is 4.88 Å². The zero-order chi connectivity index (χ0) is 21.9. The third-order valence-electron chi connectivity index (χ3n) is 6.01. The summed E-state index contributed by atoms with van der Waals surface area (Å²) in [6.45, 7) is 3.84. The lowest BCUT2D eigenvalue weighted by atomic mass is 9.79. The van der Waals surface area contributed by atoms with Crippen LogP contribution in [-0.2, 0) is 6.18 Å². The van der Waals surface area contributed by atoms with Crippen molar-refractivity contribution < 1.29 is 18.0 Å². The average Bonchev–Trinajstić information content (AvgIpc) is 3.26. The molecule has 4 rings (SSSR count). The first kappa shape index (κ1) is 22.1. The highest BCUT2D eigenvalue weighted by molar-refractivity contribution is 7.17. The SMILES string of the molecule is O=C(NCC1(N2CCNCC2)CCCCC1)c1sc(-c2ncccn2)nc1C(F)(F)F. The van der Waals surface area contributed by atoms with E-state index in [1.165, 1.54) is 12.4 Å². The molecule has 11 heteroatoms. The molecule has 2 aromatic rings. The number of hydrogen-bond donors (Lipinski definition) is 2. The van der Waals surface area contributed by atoms with Gasteiger partial charge < -0.3 is 10.6 Å². The second-order valence-electron chi connectivity index (χ2n) is 7.97. The fourth-order valence-corrected chi connectivity index (χ4v) is 5.40. The summed E-state index contributed by atoms with van der Waals surface area (Å²) in [5.41, 5.74) is -1.39. The van der Waals surface area contributed by atoms with Crippen molar-refractivity contribution in [1.29, 1.82) is 0 Å². The summed E-state index contributed by atoms with van der Waals surface area (Å²) in [5.74, 6) is -0.672. The fraction of sp³-hybridized carbons (Fsp3) is 0.600. The van der Waals surface area contributed by atoms with Gasteiger partial charge in [0.05, 0.1) is 0 Å². The van der Waals surface area contributed by atoms with E-state index in [9.17, 15) is 18.0 Å². The summed E-state index contributed by atoms with van der Waals surface area (Å²) in [4.78, 5) is 26.4. The van der Waals surface area contributed by atoms with Crippen LogP contribution in [0.2, 0.25) is 0 Å². The summed E-state index contributed by atoms with van der Waals surface area (Å²) in [6.07, 6.45) is 3.25. The maximum atomic E-state index is 13.6. The topological polar surface area (TPSA) is 83.0 Å². The lowest BCUT2D eigenvalue weighted by Crippen LogP contribution is -2.61. The highest BCUT2D eigenvalue weighted by Crippen LogP contribution is 2.37. The van der Waals surface area contributed by atoms with Crippen LogP contribution in [0.5, 0.6) is 0 Å². The average molecular weight is 455 g/mol. The lowest BCUT2D eigenvalue weighted by molar-refractivity contribution is -0.141. The van der Waals surface area contributed by atoms with Gasteiger partial charge in [0, 0.05) is 50.7 Å². The van der Waals surface area contributed by atoms with Crippen LogP contribution in [0, 0.1) is 0 Å². The summed E-state index contributed by atoms with van der Waals surface area (Å²) in [7, 11) is 0. The van der Waals surface area contributed by atoms with Crippen LogP contribution < -0.4 is 10.6 Å². The van der Waals surface area contributed by atoms with Crippen molar-refractivity contribution in [3.63, 3.8) is 0 Å². The molecular formula is C20H25F3N6OS. The van der Waals surface area contributed by atoms with E-state index in [1.807, 2.05) is 0 Å². The Morgan fingerprint density at radius 1 is 1.16 bits per heavy atom. The third kappa shape index (κ3) is 4.88. The van der Waals surface area contributed by atoms with Gasteiger partial charge in [-0.05, 0) is 18.9 Å². The van der Waals surface area contributed by atoms with Crippen molar-refractivity contribution in [2.45, 2.75) is 43.8 Å². The molecule has 2 N–H and O–H groups in total. The Bertz CT molecular complexity index is 892. The molecule has 168 valence electrons. The number of nitrogens with zero attached hydrogens (tertiary/aromatic N) is 4. The molecule has 2 aliphatic rings. The highest BCUT2D eigenvalue weighted by Gasteiger charge is 2.42. The summed E-state index contributed by atoms with van der Waals surface area (Å²) in [6, 6.07) is 1.56. The van der Waals surface area contributed by atoms with E-state index >= 15 is 0 Å². The molecule has 0 aromatic carbocycles. The molecule has 0 spiro atoms. The molecule has 0 atom stereocenters. The predicted octanol–water partition coefficient (Wildman–Crippen LogP) is 2.96. The van der Waals surface area contributed by atoms with E-state index in [-0.39, 0.29) is 16.4 Å². The van der Waals surface area contributed by atoms with E-state index in [1.54, 1.807) is 6.07 Å². The second-order valence-corrected chi connectivity index (χ2v) is 8.97. The number of thiazole rings is 1. The molecule has 2 fully saturated rings. The van der Waals surface area contributed by atoms with Crippen LogP contribution >= 0.6 is 11.3 Å². The largest absolute Gasteiger partial charge is 0.435 e. The Labute approximate surface area is 182 Å². The van der Waals surface area contributed by atoms with Gasteiger partial charge in [0.25, 0.3) is 5.91 Å². The first-order valence-corrected chi connectivity index (χ1v) is 11.3. The minimum atomic E-state index is -4.74. The van der Waals surface area contributed by atoms with Crippen LogP contribution in [0.25, 0.3) is 10.8 Å². The molecule has 0 unspecified atom stereocenters. The number of nitrogens with one attached hydrogen (secondary N) is 2. The maximum absolute atomic E-state index is 13.6. The molecule has 0 bridgehead atoms. The normalized spacial score (nSPS) is 19.8. The molecule has 1 aliphatic carbocycles. The van der Waals surface area contributed by atoms with Gasteiger partial charge in [-0.3, -0.25) is 9.69 Å². The minimum absolute atomic E-state index is 0.0208. The Hall–Kier alpha value is -2.11. The van der Waals surface area contributed by atoms with Crippen LogP contribution in [0.1, 0.15) is 47.5 Å². The molecular weight excluding hydrogens is 429 g/mol. The van der Waals surface area contributed by atoms with E-state index in [2.05, 4.69) is 30.5 Å². The number of hydrogen-bond acceptors (Lipinski definition) is 7. The van der Waals surface area contributed by atoms with Crippen LogP contribution in [-0.4, -0.2) is 64.0 Å². The quantitative estimate of drug-likeness (QED) is 0.723. The Morgan fingerprint density at radius 2 is 1.84 bits per heavy atom. The first-order chi connectivity index (χ1) is 14.9.